The molecule has 1 atom stereocenters. The van der Waals surface area contributed by atoms with Crippen LogP contribution in [-0.2, 0) is 6.54 Å². The van der Waals surface area contributed by atoms with Gasteiger partial charge in [-0.25, -0.2) is 0 Å². The highest BCUT2D eigenvalue weighted by atomic mass is 16.3. The summed E-state index contributed by atoms with van der Waals surface area (Å²) in [6.07, 6.45) is 2.72. The number of nitrogens with one attached hydrogen (secondary N) is 1. The van der Waals surface area contributed by atoms with Crippen LogP contribution in [0.1, 0.15) is 30.7 Å². The van der Waals surface area contributed by atoms with E-state index in [1.807, 2.05) is 12.1 Å². The second kappa shape index (κ2) is 6.43. The molecular weight excluding hydrogens is 236 g/mol. The molecule has 0 aliphatic carbocycles. The van der Waals surface area contributed by atoms with Crippen molar-refractivity contribution >= 4 is 5.69 Å². The van der Waals surface area contributed by atoms with Gasteiger partial charge >= 0.3 is 0 Å². The van der Waals surface area contributed by atoms with E-state index in [4.69, 9.17) is 4.42 Å². The van der Waals surface area contributed by atoms with Crippen molar-refractivity contribution in [2.45, 2.75) is 25.9 Å². The zero-order valence-corrected chi connectivity index (χ0v) is 11.9. The predicted molar refractivity (Wildman–Crippen MR) is 79.2 cm³/mol. The molecule has 3 heteroatoms. The van der Waals surface area contributed by atoms with Crippen molar-refractivity contribution in [3.8, 4) is 0 Å². The van der Waals surface area contributed by atoms with Gasteiger partial charge in [-0.2, -0.15) is 0 Å². The van der Waals surface area contributed by atoms with E-state index in [0.717, 1.165) is 24.4 Å². The summed E-state index contributed by atoms with van der Waals surface area (Å²) in [5.41, 5.74) is 2.45. The molecular formula is C16H22N2O. The summed E-state index contributed by atoms with van der Waals surface area (Å²) in [6.45, 7) is 3.12. The first-order chi connectivity index (χ1) is 9.19. The number of hydrogen-bond donors (Lipinski definition) is 1. The topological polar surface area (TPSA) is 28.4 Å². The Balaban J connectivity index is 2.02. The van der Waals surface area contributed by atoms with Gasteiger partial charge in [-0.05, 0) is 50.3 Å². The lowest BCUT2D eigenvalue weighted by Crippen LogP contribution is -2.11. The van der Waals surface area contributed by atoms with Crippen molar-refractivity contribution in [2.24, 2.45) is 0 Å². The molecule has 0 aliphatic rings. The lowest BCUT2D eigenvalue weighted by Gasteiger charge is -2.16. The van der Waals surface area contributed by atoms with Crippen LogP contribution in [0.4, 0.5) is 5.69 Å². The normalized spacial score (nSPS) is 12.6. The highest BCUT2D eigenvalue weighted by molar-refractivity contribution is 5.46. The molecule has 0 saturated heterocycles. The van der Waals surface area contributed by atoms with E-state index in [1.54, 1.807) is 6.26 Å². The summed E-state index contributed by atoms with van der Waals surface area (Å²) in [6, 6.07) is 12.8. The average Bonchev–Trinajstić information content (AvgIpc) is 2.91. The highest BCUT2D eigenvalue weighted by Crippen LogP contribution is 2.23. The Hall–Kier alpha value is -1.74. The minimum Gasteiger partial charge on any atom is -0.467 e. The third-order valence-corrected chi connectivity index (χ3v) is 3.09. The number of anilines is 1. The standard InChI is InChI=1S/C16H22N2O/c1-4-15(16-6-5-11-19-16)17-14-9-7-13(8-10-14)12-18(2)3/h5-11,15,17H,4,12H2,1-3H3. The van der Waals surface area contributed by atoms with Crippen LogP contribution in [0, 0.1) is 0 Å². The third-order valence-electron chi connectivity index (χ3n) is 3.09. The number of furan rings is 1. The Bertz CT molecular complexity index is 474. The first-order valence-corrected chi connectivity index (χ1v) is 6.72. The Morgan fingerprint density at radius 3 is 2.42 bits per heavy atom. The smallest absolute Gasteiger partial charge is 0.125 e. The van der Waals surface area contributed by atoms with Crippen LogP contribution in [0.25, 0.3) is 0 Å². The van der Waals surface area contributed by atoms with Crippen LogP contribution in [0.5, 0.6) is 0 Å². The molecule has 102 valence electrons. The molecule has 1 aromatic carbocycles. The van der Waals surface area contributed by atoms with Gasteiger partial charge in [0.15, 0.2) is 0 Å². The van der Waals surface area contributed by atoms with Crippen LogP contribution in [0.15, 0.2) is 47.1 Å². The maximum Gasteiger partial charge on any atom is 0.125 e. The molecule has 1 aromatic heterocycles. The molecule has 0 bridgehead atoms. The van der Waals surface area contributed by atoms with Gasteiger partial charge in [0, 0.05) is 12.2 Å². The van der Waals surface area contributed by atoms with Gasteiger partial charge in [-0.15, -0.1) is 0 Å². The Labute approximate surface area is 115 Å². The maximum absolute atomic E-state index is 5.47. The minimum absolute atomic E-state index is 0.231. The first kappa shape index (κ1) is 13.7. The Morgan fingerprint density at radius 1 is 1.16 bits per heavy atom. The Morgan fingerprint density at radius 2 is 1.89 bits per heavy atom. The third kappa shape index (κ3) is 3.86. The Kier molecular flexibility index (Phi) is 4.63. The average molecular weight is 258 g/mol. The van der Waals surface area contributed by atoms with Gasteiger partial charge in [0.1, 0.15) is 5.76 Å². The lowest BCUT2D eigenvalue weighted by atomic mass is 10.1. The van der Waals surface area contributed by atoms with Crippen molar-refractivity contribution in [3.05, 3.63) is 54.0 Å². The fourth-order valence-corrected chi connectivity index (χ4v) is 2.14. The number of benzene rings is 1. The van der Waals surface area contributed by atoms with E-state index in [9.17, 15) is 0 Å². The minimum atomic E-state index is 0.231. The van der Waals surface area contributed by atoms with Crippen LogP contribution in [-0.4, -0.2) is 19.0 Å². The molecule has 2 rings (SSSR count). The van der Waals surface area contributed by atoms with Gasteiger partial charge in [-0.1, -0.05) is 19.1 Å². The second-order valence-electron chi connectivity index (χ2n) is 5.06. The fraction of sp³-hybridized carbons (Fsp3) is 0.375. The highest BCUT2D eigenvalue weighted by Gasteiger charge is 2.11. The van der Waals surface area contributed by atoms with Gasteiger partial charge in [0.2, 0.25) is 0 Å². The summed E-state index contributed by atoms with van der Waals surface area (Å²) in [5, 5.41) is 3.50. The quantitative estimate of drug-likeness (QED) is 0.851. The zero-order valence-electron chi connectivity index (χ0n) is 11.9. The van der Waals surface area contributed by atoms with Crippen LogP contribution in [0.3, 0.4) is 0 Å². The first-order valence-electron chi connectivity index (χ1n) is 6.72. The fourth-order valence-electron chi connectivity index (χ4n) is 2.14. The zero-order chi connectivity index (χ0) is 13.7. The molecule has 1 unspecified atom stereocenters. The summed E-state index contributed by atoms with van der Waals surface area (Å²) in [5.74, 6) is 0.986. The van der Waals surface area contributed by atoms with E-state index in [-0.39, 0.29) is 6.04 Å². The molecule has 0 fully saturated rings. The van der Waals surface area contributed by atoms with Crippen LogP contribution >= 0.6 is 0 Å². The SMILES string of the molecule is CCC(Nc1ccc(CN(C)C)cc1)c1ccco1. The van der Waals surface area contributed by atoms with Crippen molar-refractivity contribution in [3.63, 3.8) is 0 Å². The molecule has 1 heterocycles. The summed E-state index contributed by atoms with van der Waals surface area (Å²) < 4.78 is 5.47. The molecule has 3 nitrogen and oxygen atoms in total. The van der Waals surface area contributed by atoms with Crippen molar-refractivity contribution in [2.75, 3.05) is 19.4 Å². The molecule has 1 N–H and O–H groups in total. The van der Waals surface area contributed by atoms with Gasteiger partial charge in [0.05, 0.1) is 12.3 Å². The predicted octanol–water partition coefficient (Wildman–Crippen LogP) is 3.90. The molecule has 0 aliphatic heterocycles. The number of rotatable bonds is 6. The van der Waals surface area contributed by atoms with E-state index in [0.29, 0.717) is 0 Å². The van der Waals surface area contributed by atoms with Gasteiger partial charge in [0.25, 0.3) is 0 Å². The van der Waals surface area contributed by atoms with E-state index in [1.165, 1.54) is 5.56 Å². The molecule has 2 aromatic rings. The molecule has 0 radical (unpaired) electrons. The van der Waals surface area contributed by atoms with Gasteiger partial charge < -0.3 is 14.6 Å². The monoisotopic (exact) mass is 258 g/mol. The molecule has 19 heavy (non-hydrogen) atoms. The van der Waals surface area contributed by atoms with E-state index < -0.39 is 0 Å². The van der Waals surface area contributed by atoms with Gasteiger partial charge in [-0.3, -0.25) is 0 Å². The molecule has 0 saturated carbocycles. The lowest BCUT2D eigenvalue weighted by molar-refractivity contribution is 0.402. The maximum atomic E-state index is 5.47. The van der Waals surface area contributed by atoms with E-state index in [2.05, 4.69) is 55.5 Å². The summed E-state index contributed by atoms with van der Waals surface area (Å²) in [4.78, 5) is 2.17. The van der Waals surface area contributed by atoms with Crippen LogP contribution in [0.2, 0.25) is 0 Å². The summed E-state index contributed by atoms with van der Waals surface area (Å²) in [7, 11) is 4.16. The summed E-state index contributed by atoms with van der Waals surface area (Å²) >= 11 is 0. The molecule has 0 spiro atoms. The van der Waals surface area contributed by atoms with Crippen molar-refractivity contribution in [1.29, 1.82) is 0 Å². The van der Waals surface area contributed by atoms with Crippen molar-refractivity contribution in [1.82, 2.24) is 4.90 Å². The second-order valence-corrected chi connectivity index (χ2v) is 5.06. The largest absolute Gasteiger partial charge is 0.467 e. The van der Waals surface area contributed by atoms with Crippen molar-refractivity contribution < 1.29 is 4.42 Å². The molecule has 0 amide bonds. The van der Waals surface area contributed by atoms with E-state index >= 15 is 0 Å². The van der Waals surface area contributed by atoms with Crippen LogP contribution < -0.4 is 5.32 Å². The number of nitrogens with zero attached hydrogens (tertiary/aromatic N) is 1. The number of hydrogen-bond acceptors (Lipinski definition) is 3.